The van der Waals surface area contributed by atoms with Crippen LogP contribution < -0.4 is 5.32 Å². The number of aromatic nitrogens is 4. The molecule has 31 heavy (non-hydrogen) atoms. The fraction of sp³-hybridized carbons (Fsp3) is 0.364. The summed E-state index contributed by atoms with van der Waals surface area (Å²) in [7, 11) is 0. The number of likely N-dealkylation sites (tertiary alicyclic amines) is 1. The topological polar surface area (TPSA) is 91.8 Å². The van der Waals surface area contributed by atoms with E-state index in [-0.39, 0.29) is 18.3 Å². The van der Waals surface area contributed by atoms with Crippen molar-refractivity contribution in [1.82, 2.24) is 24.2 Å². The summed E-state index contributed by atoms with van der Waals surface area (Å²) in [6.45, 7) is 5.52. The third-order valence-electron chi connectivity index (χ3n) is 5.90. The Balaban J connectivity index is 1.49. The van der Waals surface area contributed by atoms with Crippen LogP contribution in [0, 0.1) is 31.0 Å². The molecule has 0 saturated carbocycles. The molecule has 0 radical (unpaired) electrons. The molecule has 4 rings (SSSR count). The summed E-state index contributed by atoms with van der Waals surface area (Å²) in [5, 5.41) is 16.8. The molecular formula is C22H24FN7O. The van der Waals surface area contributed by atoms with Gasteiger partial charge in [0.1, 0.15) is 30.4 Å². The first-order valence-corrected chi connectivity index (χ1v) is 10.2. The Morgan fingerprint density at radius 1 is 1.26 bits per heavy atom. The van der Waals surface area contributed by atoms with Crippen LogP contribution in [0.1, 0.15) is 35.7 Å². The van der Waals surface area contributed by atoms with E-state index in [1.54, 1.807) is 23.0 Å². The van der Waals surface area contributed by atoms with Gasteiger partial charge in [0.05, 0.1) is 18.2 Å². The summed E-state index contributed by atoms with van der Waals surface area (Å²) in [5.74, 6) is -0.103. The van der Waals surface area contributed by atoms with Gasteiger partial charge in [0, 0.05) is 24.5 Å². The number of nitrogens with one attached hydrogen (secondary N) is 1. The number of halogens is 1. The number of hydrogen-bond acceptors (Lipinski definition) is 5. The maximum atomic E-state index is 13.4. The maximum absolute atomic E-state index is 13.4. The molecule has 160 valence electrons. The molecule has 1 aliphatic rings. The van der Waals surface area contributed by atoms with Gasteiger partial charge < -0.3 is 5.32 Å². The van der Waals surface area contributed by atoms with Crippen LogP contribution in [0.2, 0.25) is 0 Å². The number of carbonyl (C=O) groups excluding carboxylic acids is 1. The van der Waals surface area contributed by atoms with E-state index in [0.717, 1.165) is 37.2 Å². The van der Waals surface area contributed by atoms with Crippen molar-refractivity contribution in [1.29, 1.82) is 5.26 Å². The zero-order valence-electron chi connectivity index (χ0n) is 17.5. The van der Waals surface area contributed by atoms with Gasteiger partial charge in [0.2, 0.25) is 5.91 Å². The number of hydrogen-bond donors (Lipinski definition) is 1. The number of benzene rings is 1. The second kappa shape index (κ2) is 8.70. The van der Waals surface area contributed by atoms with Crippen LogP contribution >= 0.6 is 0 Å². The van der Waals surface area contributed by atoms with Gasteiger partial charge in [-0.05, 0) is 56.5 Å². The van der Waals surface area contributed by atoms with Crippen molar-refractivity contribution in [2.75, 3.05) is 25.0 Å². The minimum absolute atomic E-state index is 0.184. The van der Waals surface area contributed by atoms with E-state index >= 15 is 0 Å². The lowest BCUT2D eigenvalue weighted by atomic mass is 10.1. The first-order chi connectivity index (χ1) is 15.0. The molecule has 2 aromatic heterocycles. The number of anilines is 1. The standard InChI is InChI=1S/C22H24FN7O/c1-15-16(2)30(19-5-3-17(23)4-6-19)22(20(15)11-24)27-21(31)12-28-9-7-18(8-10-28)29-14-25-13-26-29/h3-6,13-14,18H,7-10,12H2,1-2H3,(H,27,31). The molecule has 1 aliphatic heterocycles. The van der Waals surface area contributed by atoms with Crippen molar-refractivity contribution in [2.24, 2.45) is 0 Å². The van der Waals surface area contributed by atoms with Gasteiger partial charge in [-0.3, -0.25) is 14.3 Å². The van der Waals surface area contributed by atoms with Gasteiger partial charge in [0.15, 0.2) is 0 Å². The lowest BCUT2D eigenvalue weighted by molar-refractivity contribution is -0.117. The third-order valence-corrected chi connectivity index (χ3v) is 5.90. The smallest absolute Gasteiger partial charge is 0.239 e. The average molecular weight is 421 g/mol. The normalized spacial score (nSPS) is 15.0. The molecule has 3 aromatic rings. The molecule has 0 spiro atoms. The average Bonchev–Trinajstić information content (AvgIpc) is 3.37. The lowest BCUT2D eigenvalue weighted by Gasteiger charge is -2.31. The zero-order chi connectivity index (χ0) is 22.0. The fourth-order valence-corrected chi connectivity index (χ4v) is 4.10. The van der Waals surface area contributed by atoms with Gasteiger partial charge in [-0.1, -0.05) is 0 Å². The van der Waals surface area contributed by atoms with Gasteiger partial charge in [0.25, 0.3) is 0 Å². The summed E-state index contributed by atoms with van der Waals surface area (Å²) < 4.78 is 17.1. The number of nitriles is 1. The SMILES string of the molecule is Cc1c(C#N)c(NC(=O)CN2CCC(n3cncn3)CC2)n(-c2ccc(F)cc2)c1C. The second-order valence-corrected chi connectivity index (χ2v) is 7.79. The molecule has 0 aliphatic carbocycles. The van der Waals surface area contributed by atoms with Crippen LogP contribution in [-0.4, -0.2) is 49.8 Å². The predicted molar refractivity (Wildman–Crippen MR) is 113 cm³/mol. The lowest BCUT2D eigenvalue weighted by Crippen LogP contribution is -2.40. The van der Waals surface area contributed by atoms with E-state index in [0.29, 0.717) is 23.1 Å². The summed E-state index contributed by atoms with van der Waals surface area (Å²) in [6.07, 6.45) is 5.05. The largest absolute Gasteiger partial charge is 0.310 e. The monoisotopic (exact) mass is 421 g/mol. The van der Waals surface area contributed by atoms with Crippen LogP contribution in [0.15, 0.2) is 36.9 Å². The van der Waals surface area contributed by atoms with E-state index < -0.39 is 0 Å². The Labute approximate surface area is 179 Å². The van der Waals surface area contributed by atoms with E-state index in [1.165, 1.54) is 18.5 Å². The number of carbonyl (C=O) groups is 1. The van der Waals surface area contributed by atoms with Crippen molar-refractivity contribution in [3.8, 4) is 11.8 Å². The van der Waals surface area contributed by atoms with Crippen molar-refractivity contribution in [3.05, 3.63) is 59.6 Å². The Kier molecular flexibility index (Phi) is 5.82. The van der Waals surface area contributed by atoms with Gasteiger partial charge in [-0.2, -0.15) is 10.4 Å². The molecule has 0 atom stereocenters. The molecule has 1 amide bonds. The first kappa shape index (κ1) is 20.8. The third kappa shape index (κ3) is 4.20. The Morgan fingerprint density at radius 2 is 1.97 bits per heavy atom. The molecule has 3 heterocycles. The van der Waals surface area contributed by atoms with Crippen molar-refractivity contribution in [2.45, 2.75) is 32.7 Å². The maximum Gasteiger partial charge on any atom is 0.239 e. The number of piperidine rings is 1. The molecule has 1 N–H and O–H groups in total. The number of amides is 1. The van der Waals surface area contributed by atoms with Crippen molar-refractivity contribution < 1.29 is 9.18 Å². The summed E-state index contributed by atoms with van der Waals surface area (Å²) >= 11 is 0. The highest BCUT2D eigenvalue weighted by Crippen LogP contribution is 2.30. The fourth-order valence-electron chi connectivity index (χ4n) is 4.10. The molecule has 1 fully saturated rings. The first-order valence-electron chi connectivity index (χ1n) is 10.2. The highest BCUT2D eigenvalue weighted by Gasteiger charge is 2.25. The van der Waals surface area contributed by atoms with E-state index in [9.17, 15) is 14.4 Å². The Hall–Kier alpha value is -3.51. The second-order valence-electron chi connectivity index (χ2n) is 7.79. The number of nitrogens with zero attached hydrogens (tertiary/aromatic N) is 6. The highest BCUT2D eigenvalue weighted by atomic mass is 19.1. The molecule has 9 heteroatoms. The zero-order valence-corrected chi connectivity index (χ0v) is 17.5. The van der Waals surface area contributed by atoms with Crippen molar-refractivity contribution in [3.63, 3.8) is 0 Å². The van der Waals surface area contributed by atoms with Gasteiger partial charge in [-0.15, -0.1) is 0 Å². The van der Waals surface area contributed by atoms with E-state index in [4.69, 9.17) is 0 Å². The summed E-state index contributed by atoms with van der Waals surface area (Å²) in [4.78, 5) is 19.0. The molecular weight excluding hydrogens is 397 g/mol. The predicted octanol–water partition coefficient (Wildman–Crippen LogP) is 2.97. The molecule has 1 saturated heterocycles. The van der Waals surface area contributed by atoms with Crippen LogP contribution in [0.5, 0.6) is 0 Å². The molecule has 0 unspecified atom stereocenters. The molecule has 0 bridgehead atoms. The summed E-state index contributed by atoms with van der Waals surface area (Å²) in [5.41, 5.74) is 2.72. The quantitative estimate of drug-likeness (QED) is 0.684. The number of rotatable bonds is 5. The van der Waals surface area contributed by atoms with Crippen molar-refractivity contribution >= 4 is 11.7 Å². The van der Waals surface area contributed by atoms with Crippen LogP contribution in [0.3, 0.4) is 0 Å². The minimum Gasteiger partial charge on any atom is -0.310 e. The Morgan fingerprint density at radius 3 is 2.58 bits per heavy atom. The molecule has 1 aromatic carbocycles. The van der Waals surface area contributed by atoms with E-state index in [2.05, 4.69) is 26.4 Å². The van der Waals surface area contributed by atoms with Crippen LogP contribution in [0.25, 0.3) is 5.69 Å². The summed E-state index contributed by atoms with van der Waals surface area (Å²) in [6, 6.07) is 8.49. The Bertz CT molecular complexity index is 1100. The molecule has 8 nitrogen and oxygen atoms in total. The van der Waals surface area contributed by atoms with Crippen LogP contribution in [0.4, 0.5) is 10.2 Å². The van der Waals surface area contributed by atoms with Gasteiger partial charge in [-0.25, -0.2) is 14.1 Å². The van der Waals surface area contributed by atoms with E-state index in [1.807, 2.05) is 18.5 Å². The van der Waals surface area contributed by atoms with Crippen LogP contribution in [-0.2, 0) is 4.79 Å². The minimum atomic E-state index is -0.342. The van der Waals surface area contributed by atoms with Gasteiger partial charge >= 0.3 is 0 Å². The highest BCUT2D eigenvalue weighted by molar-refractivity contribution is 5.93.